The molecule has 1 aliphatic rings. The number of carboxylic acid groups (broad SMARTS) is 1. The summed E-state index contributed by atoms with van der Waals surface area (Å²) in [5, 5.41) is 19.3. The van der Waals surface area contributed by atoms with Crippen molar-refractivity contribution in [1.29, 1.82) is 0 Å². The van der Waals surface area contributed by atoms with Crippen LogP contribution in [0.4, 0.5) is 0 Å². The fourth-order valence-corrected chi connectivity index (χ4v) is 2.54. The van der Waals surface area contributed by atoms with E-state index in [0.717, 1.165) is 19.3 Å². The molecule has 0 bridgehead atoms. The van der Waals surface area contributed by atoms with Crippen LogP contribution < -0.4 is 5.32 Å². The first-order chi connectivity index (χ1) is 9.16. The number of hydrogen-bond acceptors (Lipinski definition) is 4. The average molecular weight is 266 g/mol. The summed E-state index contributed by atoms with van der Waals surface area (Å²) in [7, 11) is 0. The Morgan fingerprint density at radius 3 is 2.84 bits per heavy atom. The fourth-order valence-electron chi connectivity index (χ4n) is 2.54. The summed E-state index contributed by atoms with van der Waals surface area (Å²) >= 11 is 0. The Hall–Kier alpha value is -1.92. The van der Waals surface area contributed by atoms with Gasteiger partial charge in [0.2, 0.25) is 5.91 Å². The summed E-state index contributed by atoms with van der Waals surface area (Å²) in [4.78, 5) is 22.8. The van der Waals surface area contributed by atoms with E-state index >= 15 is 0 Å². The minimum absolute atomic E-state index is 0.0333. The highest BCUT2D eigenvalue weighted by atomic mass is 16.4. The predicted molar refractivity (Wildman–Crippen MR) is 66.1 cm³/mol. The van der Waals surface area contributed by atoms with Gasteiger partial charge in [-0.2, -0.15) is 0 Å². The summed E-state index contributed by atoms with van der Waals surface area (Å²) in [5.74, 6) is -1.22. The Balaban J connectivity index is 1.80. The maximum Gasteiger partial charge on any atom is 0.306 e. The maximum absolute atomic E-state index is 11.7. The normalized spacial score (nSPS) is 22.9. The number of rotatable bonds is 5. The van der Waals surface area contributed by atoms with Gasteiger partial charge in [0.15, 0.2) is 0 Å². The Bertz CT molecular complexity index is 432. The molecule has 1 amide bonds. The molecule has 1 aliphatic carbocycles. The van der Waals surface area contributed by atoms with Gasteiger partial charge in [-0.3, -0.25) is 9.59 Å². The number of aromatic nitrogens is 3. The number of hydrogen-bond donors (Lipinski definition) is 2. The molecule has 19 heavy (non-hydrogen) atoms. The third kappa shape index (κ3) is 3.77. The van der Waals surface area contributed by atoms with Gasteiger partial charge in [0.1, 0.15) is 6.54 Å². The molecule has 0 saturated heterocycles. The first-order valence-electron chi connectivity index (χ1n) is 6.50. The van der Waals surface area contributed by atoms with Crippen LogP contribution >= 0.6 is 0 Å². The Labute approximate surface area is 111 Å². The molecule has 2 atom stereocenters. The van der Waals surface area contributed by atoms with Crippen molar-refractivity contribution in [2.75, 3.05) is 6.54 Å². The van der Waals surface area contributed by atoms with Gasteiger partial charge in [-0.15, -0.1) is 5.10 Å². The SMILES string of the molecule is O=C(Cn1ccnn1)NCC1CCCCC1C(=O)O. The van der Waals surface area contributed by atoms with Gasteiger partial charge < -0.3 is 10.4 Å². The molecule has 0 radical (unpaired) electrons. The van der Waals surface area contributed by atoms with Gasteiger partial charge in [0.25, 0.3) is 0 Å². The van der Waals surface area contributed by atoms with E-state index in [1.165, 1.54) is 10.9 Å². The molecule has 7 nitrogen and oxygen atoms in total. The Kier molecular flexibility index (Phi) is 4.48. The third-order valence-electron chi connectivity index (χ3n) is 3.57. The van der Waals surface area contributed by atoms with Crippen molar-refractivity contribution >= 4 is 11.9 Å². The molecular weight excluding hydrogens is 248 g/mol. The summed E-state index contributed by atoms with van der Waals surface area (Å²) in [5.41, 5.74) is 0. The smallest absolute Gasteiger partial charge is 0.306 e. The molecule has 0 spiro atoms. The van der Waals surface area contributed by atoms with Gasteiger partial charge in [-0.1, -0.05) is 18.1 Å². The number of carboxylic acids is 1. The average Bonchev–Trinajstić information content (AvgIpc) is 2.89. The highest BCUT2D eigenvalue weighted by Crippen LogP contribution is 2.29. The van der Waals surface area contributed by atoms with Gasteiger partial charge in [0.05, 0.1) is 12.1 Å². The quantitative estimate of drug-likeness (QED) is 0.798. The van der Waals surface area contributed by atoms with Crippen molar-refractivity contribution in [2.24, 2.45) is 11.8 Å². The number of nitrogens with one attached hydrogen (secondary N) is 1. The third-order valence-corrected chi connectivity index (χ3v) is 3.57. The maximum atomic E-state index is 11.7. The molecule has 1 aromatic heterocycles. The second-order valence-electron chi connectivity index (χ2n) is 4.89. The van der Waals surface area contributed by atoms with Crippen LogP contribution in [0.2, 0.25) is 0 Å². The van der Waals surface area contributed by atoms with E-state index in [4.69, 9.17) is 5.11 Å². The van der Waals surface area contributed by atoms with Crippen LogP contribution in [-0.2, 0) is 16.1 Å². The van der Waals surface area contributed by atoms with Gasteiger partial charge in [-0.05, 0) is 18.8 Å². The van der Waals surface area contributed by atoms with Crippen LogP contribution in [0.25, 0.3) is 0 Å². The van der Waals surface area contributed by atoms with Gasteiger partial charge in [0, 0.05) is 12.7 Å². The molecule has 2 rings (SSSR count). The molecule has 7 heteroatoms. The van der Waals surface area contributed by atoms with E-state index in [2.05, 4.69) is 15.6 Å². The van der Waals surface area contributed by atoms with Crippen molar-refractivity contribution in [3.05, 3.63) is 12.4 Å². The number of aliphatic carboxylic acids is 1. The molecule has 1 aromatic rings. The van der Waals surface area contributed by atoms with Crippen molar-refractivity contribution in [1.82, 2.24) is 20.3 Å². The largest absolute Gasteiger partial charge is 0.481 e. The van der Waals surface area contributed by atoms with Crippen molar-refractivity contribution in [3.8, 4) is 0 Å². The second kappa shape index (κ2) is 6.31. The number of nitrogens with zero attached hydrogens (tertiary/aromatic N) is 3. The lowest BCUT2D eigenvalue weighted by molar-refractivity contribution is -0.145. The molecule has 2 unspecified atom stereocenters. The predicted octanol–water partition coefficient (Wildman–Crippen LogP) is 0.285. The topological polar surface area (TPSA) is 97.1 Å². The van der Waals surface area contributed by atoms with Crippen molar-refractivity contribution in [2.45, 2.75) is 32.2 Å². The van der Waals surface area contributed by atoms with E-state index in [1.54, 1.807) is 6.20 Å². The van der Waals surface area contributed by atoms with E-state index < -0.39 is 5.97 Å². The van der Waals surface area contributed by atoms with Crippen molar-refractivity contribution in [3.63, 3.8) is 0 Å². The molecule has 2 N–H and O–H groups in total. The summed E-state index contributed by atoms with van der Waals surface area (Å²) in [6, 6.07) is 0. The standard InChI is InChI=1S/C12H18N4O3/c17-11(8-16-6-5-14-15-16)13-7-9-3-1-2-4-10(9)12(18)19/h5-6,9-10H,1-4,7-8H2,(H,13,17)(H,18,19). The lowest BCUT2D eigenvalue weighted by atomic mass is 9.79. The van der Waals surface area contributed by atoms with E-state index in [9.17, 15) is 9.59 Å². The van der Waals surface area contributed by atoms with Crippen LogP contribution in [0.15, 0.2) is 12.4 Å². The summed E-state index contributed by atoms with van der Waals surface area (Å²) < 4.78 is 1.44. The van der Waals surface area contributed by atoms with Gasteiger partial charge in [-0.25, -0.2) is 4.68 Å². The van der Waals surface area contributed by atoms with Crippen LogP contribution in [0, 0.1) is 11.8 Å². The monoisotopic (exact) mass is 266 g/mol. The first kappa shape index (κ1) is 13.5. The second-order valence-corrected chi connectivity index (χ2v) is 4.89. The molecule has 1 heterocycles. The zero-order valence-electron chi connectivity index (χ0n) is 10.7. The number of amides is 1. The van der Waals surface area contributed by atoms with Crippen LogP contribution in [0.3, 0.4) is 0 Å². The summed E-state index contributed by atoms with van der Waals surface area (Å²) in [6.07, 6.45) is 6.68. The molecular formula is C12H18N4O3. The highest BCUT2D eigenvalue weighted by molar-refractivity contribution is 5.75. The molecule has 1 saturated carbocycles. The van der Waals surface area contributed by atoms with E-state index in [-0.39, 0.29) is 24.3 Å². The van der Waals surface area contributed by atoms with Crippen molar-refractivity contribution < 1.29 is 14.7 Å². The number of carbonyl (C=O) groups is 2. The Morgan fingerprint density at radius 2 is 2.16 bits per heavy atom. The zero-order chi connectivity index (χ0) is 13.7. The zero-order valence-corrected chi connectivity index (χ0v) is 10.7. The van der Waals surface area contributed by atoms with Crippen LogP contribution in [0.5, 0.6) is 0 Å². The fraction of sp³-hybridized carbons (Fsp3) is 0.667. The van der Waals surface area contributed by atoms with Gasteiger partial charge >= 0.3 is 5.97 Å². The molecule has 1 fully saturated rings. The minimum Gasteiger partial charge on any atom is -0.481 e. The first-order valence-corrected chi connectivity index (χ1v) is 6.50. The molecule has 0 aromatic carbocycles. The Morgan fingerprint density at radius 1 is 1.37 bits per heavy atom. The van der Waals surface area contributed by atoms with E-state index in [0.29, 0.717) is 13.0 Å². The highest BCUT2D eigenvalue weighted by Gasteiger charge is 2.30. The lowest BCUT2D eigenvalue weighted by Crippen LogP contribution is -2.38. The molecule has 0 aliphatic heterocycles. The van der Waals surface area contributed by atoms with Crippen LogP contribution in [-0.4, -0.2) is 38.5 Å². The number of carbonyl (C=O) groups excluding carboxylic acids is 1. The summed E-state index contributed by atoms with van der Waals surface area (Å²) in [6.45, 7) is 0.537. The molecule has 104 valence electrons. The van der Waals surface area contributed by atoms with E-state index in [1.807, 2.05) is 0 Å². The van der Waals surface area contributed by atoms with Crippen LogP contribution in [0.1, 0.15) is 25.7 Å². The minimum atomic E-state index is -0.754. The lowest BCUT2D eigenvalue weighted by Gasteiger charge is -2.28.